The summed E-state index contributed by atoms with van der Waals surface area (Å²) in [6.45, 7) is 15.0. The van der Waals surface area contributed by atoms with Crippen LogP contribution < -0.4 is 16.4 Å². The van der Waals surface area contributed by atoms with Crippen molar-refractivity contribution in [2.75, 3.05) is 39.4 Å². The smallest absolute Gasteiger partial charge is 0.410 e. The number of carbonyl (C=O) groups excluding carboxylic acids is 4. The number of hydrogen-bond donors (Lipinski definition) is 4. The van der Waals surface area contributed by atoms with E-state index in [1.54, 1.807) is 37.0 Å². The molecule has 1 aromatic carbocycles. The zero-order valence-electron chi connectivity index (χ0n) is 30.6. The van der Waals surface area contributed by atoms with Crippen LogP contribution in [0.1, 0.15) is 78.5 Å². The SMILES string of the molecule is Cc1ncsc1-c1ccc(CNC(=O)[C@@H]2C[C@@H](O)CN2C(=O)[C@@H](NC(=O)CCCCN(CCOCCN)C(=O)OC(C)(C)C)C(C)(C)C)cc1. The van der Waals surface area contributed by atoms with Crippen LogP contribution in [-0.4, -0.2) is 107 Å². The van der Waals surface area contributed by atoms with Crippen molar-refractivity contribution in [2.45, 2.75) is 104 Å². The molecule has 13 nitrogen and oxygen atoms in total. The standard InChI is InChI=1S/C36H56N6O7S/c1-24-30(50-23-39-24)26-13-11-25(12-14-26)21-38-32(45)28-20-27(43)22-42(28)33(46)31(35(2,3)4)40-29(44)10-8-9-16-41(17-19-48-18-15-37)34(47)49-36(5,6)7/h11-14,23,27-28,31,43H,8-10,15-22,37H2,1-7H3,(H,38,45)(H,40,44)/t27-,28+,31-/m1/s1. The molecule has 1 aliphatic rings. The number of rotatable bonds is 16. The summed E-state index contributed by atoms with van der Waals surface area (Å²) in [4.78, 5) is 61.5. The van der Waals surface area contributed by atoms with E-state index < -0.39 is 41.2 Å². The van der Waals surface area contributed by atoms with Crippen LogP contribution in [0.5, 0.6) is 0 Å². The van der Waals surface area contributed by atoms with Crippen molar-refractivity contribution in [1.29, 1.82) is 0 Å². The van der Waals surface area contributed by atoms with E-state index in [1.807, 2.05) is 57.5 Å². The number of hydrogen-bond acceptors (Lipinski definition) is 10. The molecule has 5 N–H and O–H groups in total. The van der Waals surface area contributed by atoms with Gasteiger partial charge in [0.1, 0.15) is 17.7 Å². The fourth-order valence-corrected chi connectivity index (χ4v) is 6.39. The summed E-state index contributed by atoms with van der Waals surface area (Å²) in [6, 6.07) is 6.08. The summed E-state index contributed by atoms with van der Waals surface area (Å²) >= 11 is 1.57. The first-order valence-corrected chi connectivity index (χ1v) is 18.2. The minimum atomic E-state index is -0.920. The van der Waals surface area contributed by atoms with E-state index in [0.717, 1.165) is 21.7 Å². The van der Waals surface area contributed by atoms with Gasteiger partial charge in [0, 0.05) is 45.6 Å². The van der Waals surface area contributed by atoms with Crippen LogP contribution in [-0.2, 0) is 30.4 Å². The highest BCUT2D eigenvalue weighted by molar-refractivity contribution is 7.13. The third-order valence-electron chi connectivity index (χ3n) is 8.21. The predicted molar refractivity (Wildman–Crippen MR) is 193 cm³/mol. The van der Waals surface area contributed by atoms with Crippen LogP contribution in [0.15, 0.2) is 29.8 Å². The second-order valence-electron chi connectivity index (χ2n) is 14.8. The van der Waals surface area contributed by atoms with Gasteiger partial charge in [-0.05, 0) is 57.1 Å². The van der Waals surface area contributed by atoms with Crippen LogP contribution >= 0.6 is 11.3 Å². The fraction of sp³-hybridized carbons (Fsp3) is 0.639. The zero-order valence-corrected chi connectivity index (χ0v) is 31.4. The average molecular weight is 717 g/mol. The van der Waals surface area contributed by atoms with Crippen molar-refractivity contribution in [3.8, 4) is 10.4 Å². The number of amides is 4. The van der Waals surface area contributed by atoms with E-state index in [2.05, 4.69) is 15.6 Å². The van der Waals surface area contributed by atoms with Gasteiger partial charge in [-0.15, -0.1) is 11.3 Å². The Kier molecular flexibility index (Phi) is 15.2. The maximum atomic E-state index is 13.9. The number of carbonyl (C=O) groups is 4. The molecule has 1 saturated heterocycles. The number of aliphatic hydroxyl groups is 1. The number of thiazole rings is 1. The number of aromatic nitrogens is 1. The number of likely N-dealkylation sites (tertiary alicyclic amines) is 1. The van der Waals surface area contributed by atoms with E-state index in [1.165, 1.54) is 4.90 Å². The summed E-state index contributed by atoms with van der Waals surface area (Å²) in [5, 5.41) is 16.3. The van der Waals surface area contributed by atoms with Gasteiger partial charge in [0.15, 0.2) is 0 Å². The van der Waals surface area contributed by atoms with Gasteiger partial charge >= 0.3 is 6.09 Å². The Hall–Kier alpha value is -3.59. The van der Waals surface area contributed by atoms with Crippen molar-refractivity contribution >= 4 is 35.2 Å². The number of nitrogens with zero attached hydrogens (tertiary/aromatic N) is 3. The van der Waals surface area contributed by atoms with E-state index in [0.29, 0.717) is 45.7 Å². The Bertz CT molecular complexity index is 1420. The number of β-amino-alcohol motifs (C(OH)–C–C–N with tert-alkyl or cyclic N) is 1. The van der Waals surface area contributed by atoms with Gasteiger partial charge in [0.05, 0.1) is 35.4 Å². The molecule has 3 rings (SSSR count). The minimum Gasteiger partial charge on any atom is -0.444 e. The number of nitrogens with two attached hydrogens (primary N) is 1. The summed E-state index contributed by atoms with van der Waals surface area (Å²) < 4.78 is 11.0. The number of aryl methyl sites for hydroxylation is 1. The van der Waals surface area contributed by atoms with Gasteiger partial charge in [0.2, 0.25) is 17.7 Å². The molecule has 0 bridgehead atoms. The molecule has 278 valence electrons. The van der Waals surface area contributed by atoms with Crippen LogP contribution in [0.25, 0.3) is 10.4 Å². The predicted octanol–water partition coefficient (Wildman–Crippen LogP) is 3.61. The maximum Gasteiger partial charge on any atom is 0.410 e. The Balaban J connectivity index is 1.56. The van der Waals surface area contributed by atoms with Crippen molar-refractivity contribution in [3.63, 3.8) is 0 Å². The topological polar surface area (TPSA) is 176 Å². The van der Waals surface area contributed by atoms with Gasteiger partial charge < -0.3 is 40.7 Å². The Labute approximate surface area is 300 Å². The van der Waals surface area contributed by atoms with Gasteiger partial charge in [-0.3, -0.25) is 14.4 Å². The van der Waals surface area contributed by atoms with Gasteiger partial charge in [-0.2, -0.15) is 0 Å². The molecule has 0 unspecified atom stereocenters. The van der Waals surface area contributed by atoms with Crippen LogP contribution in [0.2, 0.25) is 0 Å². The number of ether oxygens (including phenoxy) is 2. The number of aliphatic hydroxyl groups excluding tert-OH is 1. The maximum absolute atomic E-state index is 13.9. The molecule has 4 amide bonds. The van der Waals surface area contributed by atoms with E-state index >= 15 is 0 Å². The van der Waals surface area contributed by atoms with Crippen molar-refractivity contribution in [3.05, 3.63) is 41.0 Å². The van der Waals surface area contributed by atoms with Crippen molar-refractivity contribution in [2.24, 2.45) is 11.1 Å². The molecule has 50 heavy (non-hydrogen) atoms. The first kappa shape index (κ1) is 40.8. The second kappa shape index (κ2) is 18.6. The molecule has 3 atom stereocenters. The summed E-state index contributed by atoms with van der Waals surface area (Å²) in [7, 11) is 0. The van der Waals surface area contributed by atoms with Crippen LogP contribution in [0, 0.1) is 12.3 Å². The van der Waals surface area contributed by atoms with Gasteiger partial charge in [0.25, 0.3) is 0 Å². The molecule has 2 aromatic rings. The first-order chi connectivity index (χ1) is 23.5. The molecule has 0 aliphatic carbocycles. The lowest BCUT2D eigenvalue weighted by atomic mass is 9.85. The Morgan fingerprint density at radius 3 is 2.38 bits per heavy atom. The normalized spacial score (nSPS) is 16.9. The zero-order chi connectivity index (χ0) is 37.1. The molecular weight excluding hydrogens is 660 g/mol. The number of benzene rings is 1. The molecule has 0 radical (unpaired) electrons. The Morgan fingerprint density at radius 1 is 1.08 bits per heavy atom. The van der Waals surface area contributed by atoms with E-state index in [-0.39, 0.29) is 37.7 Å². The van der Waals surface area contributed by atoms with E-state index in [4.69, 9.17) is 15.2 Å². The highest BCUT2D eigenvalue weighted by Crippen LogP contribution is 2.28. The summed E-state index contributed by atoms with van der Waals surface area (Å²) in [6.07, 6.45) is -0.0643. The van der Waals surface area contributed by atoms with Crippen LogP contribution in [0.3, 0.4) is 0 Å². The largest absolute Gasteiger partial charge is 0.444 e. The third-order valence-corrected chi connectivity index (χ3v) is 9.19. The number of nitrogens with one attached hydrogen (secondary N) is 2. The van der Waals surface area contributed by atoms with E-state index in [9.17, 15) is 24.3 Å². The van der Waals surface area contributed by atoms with Crippen LogP contribution in [0.4, 0.5) is 4.79 Å². The van der Waals surface area contributed by atoms with Crippen molar-refractivity contribution in [1.82, 2.24) is 25.4 Å². The summed E-state index contributed by atoms with van der Waals surface area (Å²) in [5.74, 6) is -1.09. The molecule has 0 saturated carbocycles. The molecule has 1 aliphatic heterocycles. The lowest BCUT2D eigenvalue weighted by Gasteiger charge is -2.35. The molecule has 14 heteroatoms. The quantitative estimate of drug-likeness (QED) is 0.189. The molecule has 1 aromatic heterocycles. The molecule has 2 heterocycles. The van der Waals surface area contributed by atoms with Crippen molar-refractivity contribution < 1.29 is 33.8 Å². The summed E-state index contributed by atoms with van der Waals surface area (Å²) in [5.41, 5.74) is 8.89. The van der Waals surface area contributed by atoms with Gasteiger partial charge in [-0.1, -0.05) is 45.0 Å². The monoisotopic (exact) mass is 716 g/mol. The lowest BCUT2D eigenvalue weighted by molar-refractivity contribution is -0.144. The minimum absolute atomic E-state index is 0.00222. The highest BCUT2D eigenvalue weighted by atomic mass is 32.1. The first-order valence-electron chi connectivity index (χ1n) is 17.3. The highest BCUT2D eigenvalue weighted by Gasteiger charge is 2.44. The van der Waals surface area contributed by atoms with Gasteiger partial charge in [-0.25, -0.2) is 9.78 Å². The molecule has 0 spiro atoms. The second-order valence-corrected chi connectivity index (χ2v) is 15.6. The Morgan fingerprint density at radius 2 is 1.78 bits per heavy atom. The molecule has 1 fully saturated rings. The average Bonchev–Trinajstić information content (AvgIpc) is 3.65. The lowest BCUT2D eigenvalue weighted by Crippen LogP contribution is -2.57. The third kappa shape index (κ3) is 12.6. The molecular formula is C36H56N6O7S. The fourth-order valence-electron chi connectivity index (χ4n) is 5.58. The number of unbranched alkanes of at least 4 members (excludes halogenated alkanes) is 1.